The van der Waals surface area contributed by atoms with Crippen molar-refractivity contribution < 1.29 is 4.42 Å². The molecule has 3 N–H and O–H groups in total. The van der Waals surface area contributed by atoms with E-state index in [1.54, 1.807) is 6.07 Å². The van der Waals surface area contributed by atoms with Crippen LogP contribution in [0, 0.1) is 0 Å². The maximum Gasteiger partial charge on any atom is 0.295 e. The third-order valence-corrected chi connectivity index (χ3v) is 3.30. The fraction of sp³-hybridized carbons (Fsp3) is 0.462. The molecule has 18 heavy (non-hydrogen) atoms. The lowest BCUT2D eigenvalue weighted by molar-refractivity contribution is 0.209. The van der Waals surface area contributed by atoms with Crippen LogP contribution >= 0.6 is 0 Å². The van der Waals surface area contributed by atoms with Crippen LogP contribution in [0.4, 0.5) is 11.7 Å². The number of hydrogen-bond acceptors (Lipinski definition) is 5. The molecular weight excluding hydrogens is 228 g/mol. The van der Waals surface area contributed by atoms with Crippen molar-refractivity contribution in [2.45, 2.75) is 19.4 Å². The number of oxazole rings is 1. The highest BCUT2D eigenvalue weighted by atomic mass is 16.4. The summed E-state index contributed by atoms with van der Waals surface area (Å²) in [7, 11) is 4.10. The van der Waals surface area contributed by atoms with Gasteiger partial charge in [0, 0.05) is 23.8 Å². The van der Waals surface area contributed by atoms with Crippen LogP contribution in [-0.2, 0) is 0 Å². The predicted molar refractivity (Wildman–Crippen MR) is 74.7 cm³/mol. The van der Waals surface area contributed by atoms with Gasteiger partial charge in [0.15, 0.2) is 5.58 Å². The number of likely N-dealkylation sites (N-methyl/N-ethyl adjacent to an activating group) is 1. The third-order valence-electron chi connectivity index (χ3n) is 3.30. The standard InChI is InChI=1S/C13H20N4O/c1-13(2,17(3)4)8-15-12-16-10-6-5-9(14)7-11(10)18-12/h5-7H,8,14H2,1-4H3,(H,15,16). The lowest BCUT2D eigenvalue weighted by Crippen LogP contribution is -2.44. The van der Waals surface area contributed by atoms with Crippen LogP contribution in [0.15, 0.2) is 22.6 Å². The zero-order valence-corrected chi connectivity index (χ0v) is 11.3. The second-order valence-corrected chi connectivity index (χ2v) is 5.31. The molecule has 2 rings (SSSR count). The van der Waals surface area contributed by atoms with Crippen LogP contribution in [0.1, 0.15) is 13.8 Å². The normalized spacial score (nSPS) is 12.3. The van der Waals surface area contributed by atoms with Gasteiger partial charge in [-0.25, -0.2) is 0 Å². The summed E-state index contributed by atoms with van der Waals surface area (Å²) >= 11 is 0. The molecule has 5 nitrogen and oxygen atoms in total. The number of nitrogen functional groups attached to an aromatic ring is 1. The van der Waals surface area contributed by atoms with Crippen LogP contribution in [0.3, 0.4) is 0 Å². The van der Waals surface area contributed by atoms with Crippen molar-refractivity contribution in [1.29, 1.82) is 0 Å². The number of nitrogens with zero attached hydrogens (tertiary/aromatic N) is 2. The molecule has 0 bridgehead atoms. The summed E-state index contributed by atoms with van der Waals surface area (Å²) in [6.07, 6.45) is 0. The Morgan fingerprint density at radius 2 is 2.11 bits per heavy atom. The van der Waals surface area contributed by atoms with E-state index in [2.05, 4.69) is 43.1 Å². The number of fused-ring (bicyclic) bond motifs is 1. The van der Waals surface area contributed by atoms with Crippen LogP contribution in [-0.4, -0.2) is 36.1 Å². The van der Waals surface area contributed by atoms with Crippen molar-refractivity contribution in [3.63, 3.8) is 0 Å². The van der Waals surface area contributed by atoms with Crippen molar-refractivity contribution >= 4 is 22.8 Å². The Bertz CT molecular complexity index is 545. The lowest BCUT2D eigenvalue weighted by atomic mass is 10.1. The molecular formula is C13H20N4O. The molecule has 0 fully saturated rings. The molecule has 0 radical (unpaired) electrons. The number of benzene rings is 1. The van der Waals surface area contributed by atoms with E-state index in [1.165, 1.54) is 0 Å². The smallest absolute Gasteiger partial charge is 0.295 e. The van der Waals surface area contributed by atoms with Gasteiger partial charge in [0.2, 0.25) is 0 Å². The average molecular weight is 248 g/mol. The highest BCUT2D eigenvalue weighted by Gasteiger charge is 2.20. The lowest BCUT2D eigenvalue weighted by Gasteiger charge is -2.32. The summed E-state index contributed by atoms with van der Waals surface area (Å²) in [6.45, 7) is 5.06. The van der Waals surface area contributed by atoms with Gasteiger partial charge in [0.1, 0.15) is 5.52 Å². The van der Waals surface area contributed by atoms with E-state index in [9.17, 15) is 0 Å². The number of nitrogens with one attached hydrogen (secondary N) is 1. The number of aromatic nitrogens is 1. The monoisotopic (exact) mass is 248 g/mol. The minimum atomic E-state index is 0.0275. The van der Waals surface area contributed by atoms with Crippen LogP contribution < -0.4 is 11.1 Å². The van der Waals surface area contributed by atoms with Crippen LogP contribution in [0.25, 0.3) is 11.1 Å². The zero-order valence-electron chi connectivity index (χ0n) is 11.3. The zero-order chi connectivity index (χ0) is 13.3. The number of anilines is 2. The summed E-state index contributed by atoms with van der Waals surface area (Å²) in [5.74, 6) is 0. The van der Waals surface area contributed by atoms with E-state index < -0.39 is 0 Å². The van der Waals surface area contributed by atoms with Crippen molar-refractivity contribution in [3.8, 4) is 0 Å². The SMILES string of the molecule is CN(C)C(C)(C)CNc1nc2ccc(N)cc2o1. The fourth-order valence-corrected chi connectivity index (χ4v) is 1.47. The van der Waals surface area contributed by atoms with Gasteiger partial charge in [0.05, 0.1) is 0 Å². The largest absolute Gasteiger partial charge is 0.423 e. The first-order valence-electron chi connectivity index (χ1n) is 5.96. The maximum atomic E-state index is 5.70. The van der Waals surface area contributed by atoms with E-state index >= 15 is 0 Å². The molecule has 0 saturated carbocycles. The first-order valence-corrected chi connectivity index (χ1v) is 5.96. The highest BCUT2D eigenvalue weighted by molar-refractivity contribution is 5.78. The molecule has 0 aliphatic rings. The van der Waals surface area contributed by atoms with Crippen LogP contribution in [0.2, 0.25) is 0 Å². The van der Waals surface area contributed by atoms with Gasteiger partial charge >= 0.3 is 0 Å². The molecule has 0 aliphatic carbocycles. The molecule has 0 aliphatic heterocycles. The van der Waals surface area contributed by atoms with Crippen molar-refractivity contribution in [1.82, 2.24) is 9.88 Å². The average Bonchev–Trinajstić information content (AvgIpc) is 2.68. The first-order chi connectivity index (χ1) is 8.38. The molecule has 0 atom stereocenters. The van der Waals surface area contributed by atoms with E-state index in [-0.39, 0.29) is 5.54 Å². The number of hydrogen-bond donors (Lipinski definition) is 2. The van der Waals surface area contributed by atoms with E-state index in [4.69, 9.17) is 10.2 Å². The van der Waals surface area contributed by atoms with Gasteiger partial charge in [0.25, 0.3) is 6.01 Å². The first kappa shape index (κ1) is 12.7. The minimum absolute atomic E-state index is 0.0275. The molecule has 0 amide bonds. The van der Waals surface area contributed by atoms with Gasteiger partial charge in [-0.05, 0) is 40.1 Å². The van der Waals surface area contributed by atoms with Crippen molar-refractivity contribution in [2.24, 2.45) is 0 Å². The molecule has 98 valence electrons. The highest BCUT2D eigenvalue weighted by Crippen LogP contribution is 2.21. The Morgan fingerprint density at radius 1 is 1.39 bits per heavy atom. The third kappa shape index (κ3) is 2.56. The maximum absolute atomic E-state index is 5.70. The Hall–Kier alpha value is -1.75. The molecule has 0 unspecified atom stereocenters. The summed E-state index contributed by atoms with van der Waals surface area (Å²) in [5, 5.41) is 3.21. The van der Waals surface area contributed by atoms with Gasteiger partial charge in [-0.3, -0.25) is 0 Å². The minimum Gasteiger partial charge on any atom is -0.423 e. The molecule has 0 spiro atoms. The topological polar surface area (TPSA) is 67.3 Å². The van der Waals surface area contributed by atoms with Crippen molar-refractivity contribution in [3.05, 3.63) is 18.2 Å². The van der Waals surface area contributed by atoms with Gasteiger partial charge in [-0.1, -0.05) is 0 Å². The summed E-state index contributed by atoms with van der Waals surface area (Å²) < 4.78 is 5.60. The summed E-state index contributed by atoms with van der Waals surface area (Å²) in [6, 6.07) is 5.99. The molecule has 2 aromatic rings. The molecule has 1 aromatic heterocycles. The van der Waals surface area contributed by atoms with E-state index in [0.29, 0.717) is 17.3 Å². The number of nitrogens with two attached hydrogens (primary N) is 1. The van der Waals surface area contributed by atoms with E-state index in [0.717, 1.165) is 12.1 Å². The number of rotatable bonds is 4. The van der Waals surface area contributed by atoms with Gasteiger partial charge < -0.3 is 20.4 Å². The van der Waals surface area contributed by atoms with Gasteiger partial charge in [-0.2, -0.15) is 4.98 Å². The Morgan fingerprint density at radius 3 is 2.78 bits per heavy atom. The quantitative estimate of drug-likeness (QED) is 0.812. The second kappa shape index (κ2) is 4.49. The Kier molecular flexibility index (Phi) is 3.17. The predicted octanol–water partition coefficient (Wildman–Crippen LogP) is 2.16. The molecule has 1 aromatic carbocycles. The Labute approximate surface area is 107 Å². The second-order valence-electron chi connectivity index (χ2n) is 5.31. The molecule has 5 heteroatoms. The van der Waals surface area contributed by atoms with Gasteiger partial charge in [-0.15, -0.1) is 0 Å². The Balaban J connectivity index is 2.13. The molecule has 1 heterocycles. The van der Waals surface area contributed by atoms with Crippen LogP contribution in [0.5, 0.6) is 0 Å². The van der Waals surface area contributed by atoms with E-state index in [1.807, 2.05) is 12.1 Å². The summed E-state index contributed by atoms with van der Waals surface area (Å²) in [5.41, 5.74) is 7.93. The van der Waals surface area contributed by atoms with Crippen molar-refractivity contribution in [2.75, 3.05) is 31.7 Å². The fourth-order valence-electron chi connectivity index (χ4n) is 1.47. The molecule has 0 saturated heterocycles. The summed E-state index contributed by atoms with van der Waals surface area (Å²) in [4.78, 5) is 6.52.